The first-order valence-corrected chi connectivity index (χ1v) is 4.37. The van der Waals surface area contributed by atoms with Gasteiger partial charge in [-0.05, 0) is 18.6 Å². The van der Waals surface area contributed by atoms with Gasteiger partial charge in [0.2, 0.25) is 0 Å². The maximum absolute atomic E-state index is 9.46. The van der Waals surface area contributed by atoms with Crippen LogP contribution in [0.15, 0.2) is 35.0 Å². The first kappa shape index (κ1) is 8.05. The van der Waals surface area contributed by atoms with E-state index in [1.54, 1.807) is 6.08 Å². The van der Waals surface area contributed by atoms with Gasteiger partial charge in [0.1, 0.15) is 0 Å². The van der Waals surface area contributed by atoms with E-state index in [4.69, 9.17) is 0 Å². The Morgan fingerprint density at radius 2 is 2.08 bits per heavy atom. The lowest BCUT2D eigenvalue weighted by atomic mass is 10.1. The Bertz CT molecular complexity index is 366. The maximum Gasteiger partial charge on any atom is 0.0933 e. The molecule has 1 N–H and O–H groups in total. The van der Waals surface area contributed by atoms with Crippen LogP contribution in [0.25, 0.3) is 6.08 Å². The quantitative estimate of drug-likeness (QED) is 0.642. The van der Waals surface area contributed by atoms with E-state index in [1.165, 1.54) is 0 Å². The van der Waals surface area contributed by atoms with Gasteiger partial charge in [0.05, 0.1) is 11.4 Å². The average molecular weight is 173 g/mol. The lowest BCUT2D eigenvalue weighted by molar-refractivity contribution is 0.397. The molecule has 1 aromatic carbocycles. The van der Waals surface area contributed by atoms with Crippen molar-refractivity contribution < 1.29 is 5.11 Å². The Hall–Kier alpha value is -1.57. The van der Waals surface area contributed by atoms with Crippen molar-refractivity contribution in [2.45, 2.75) is 12.8 Å². The van der Waals surface area contributed by atoms with Crippen LogP contribution in [-0.2, 0) is 0 Å². The van der Waals surface area contributed by atoms with Crippen molar-refractivity contribution in [1.82, 2.24) is 0 Å². The third-order valence-electron chi connectivity index (χ3n) is 2.02. The number of nitrogens with zero attached hydrogens (tertiary/aromatic N) is 1. The third-order valence-corrected chi connectivity index (χ3v) is 2.02. The SMILES string of the molecule is OC1=Cc2ccccc2N=CCC1. The molecule has 1 aliphatic rings. The molecular weight excluding hydrogens is 162 g/mol. The van der Waals surface area contributed by atoms with Gasteiger partial charge in [0.15, 0.2) is 0 Å². The molecule has 0 amide bonds. The van der Waals surface area contributed by atoms with Gasteiger partial charge in [0.25, 0.3) is 0 Å². The molecule has 2 nitrogen and oxygen atoms in total. The van der Waals surface area contributed by atoms with Crippen molar-refractivity contribution in [2.75, 3.05) is 0 Å². The number of fused-ring (bicyclic) bond motifs is 1. The largest absolute Gasteiger partial charge is 0.512 e. The molecule has 0 aromatic heterocycles. The fourth-order valence-electron chi connectivity index (χ4n) is 1.35. The average Bonchev–Trinajstić information content (AvgIpc) is 2.11. The molecule has 2 rings (SSSR count). The standard InChI is InChI=1S/C11H11NO/c13-10-5-3-7-12-11-6-2-1-4-9(11)8-10/h1-2,4,6-8,13H,3,5H2. The summed E-state index contributed by atoms with van der Waals surface area (Å²) in [6.45, 7) is 0. The van der Waals surface area contributed by atoms with Crippen molar-refractivity contribution >= 4 is 18.0 Å². The van der Waals surface area contributed by atoms with E-state index < -0.39 is 0 Å². The van der Waals surface area contributed by atoms with Crippen LogP contribution in [0.2, 0.25) is 0 Å². The summed E-state index contributed by atoms with van der Waals surface area (Å²) in [4.78, 5) is 4.30. The number of rotatable bonds is 0. The Morgan fingerprint density at radius 3 is 3.00 bits per heavy atom. The van der Waals surface area contributed by atoms with Crippen LogP contribution in [0.1, 0.15) is 18.4 Å². The number of aliphatic hydroxyl groups is 1. The van der Waals surface area contributed by atoms with Crippen LogP contribution in [0, 0.1) is 0 Å². The van der Waals surface area contributed by atoms with Gasteiger partial charge in [-0.1, -0.05) is 18.2 Å². The summed E-state index contributed by atoms with van der Waals surface area (Å²) >= 11 is 0. The molecule has 13 heavy (non-hydrogen) atoms. The molecule has 1 heterocycles. The van der Waals surface area contributed by atoms with E-state index in [1.807, 2.05) is 30.5 Å². The highest BCUT2D eigenvalue weighted by Crippen LogP contribution is 2.23. The minimum Gasteiger partial charge on any atom is -0.512 e. The lowest BCUT2D eigenvalue weighted by Crippen LogP contribution is -1.87. The van der Waals surface area contributed by atoms with Gasteiger partial charge in [-0.2, -0.15) is 0 Å². The molecule has 0 atom stereocenters. The van der Waals surface area contributed by atoms with Gasteiger partial charge in [-0.25, -0.2) is 0 Å². The monoisotopic (exact) mass is 173 g/mol. The maximum atomic E-state index is 9.46. The van der Waals surface area contributed by atoms with E-state index in [0.29, 0.717) is 12.2 Å². The molecule has 0 saturated heterocycles. The summed E-state index contributed by atoms with van der Waals surface area (Å²) in [6, 6.07) is 7.79. The molecule has 0 unspecified atom stereocenters. The first-order valence-electron chi connectivity index (χ1n) is 4.37. The van der Waals surface area contributed by atoms with Gasteiger partial charge < -0.3 is 5.11 Å². The summed E-state index contributed by atoms with van der Waals surface area (Å²) < 4.78 is 0. The fraction of sp³-hybridized carbons (Fsp3) is 0.182. The number of hydrogen-bond acceptors (Lipinski definition) is 2. The van der Waals surface area contributed by atoms with Gasteiger partial charge >= 0.3 is 0 Å². The predicted octanol–water partition coefficient (Wildman–Crippen LogP) is 3.08. The number of allylic oxidation sites excluding steroid dienone is 1. The number of benzene rings is 1. The lowest BCUT2D eigenvalue weighted by Gasteiger charge is -2.04. The van der Waals surface area contributed by atoms with Crippen molar-refractivity contribution in [2.24, 2.45) is 4.99 Å². The van der Waals surface area contributed by atoms with Crippen LogP contribution < -0.4 is 0 Å². The summed E-state index contributed by atoms with van der Waals surface area (Å²) in [5.74, 6) is 0.429. The third kappa shape index (κ3) is 1.78. The van der Waals surface area contributed by atoms with E-state index in [2.05, 4.69) is 4.99 Å². The summed E-state index contributed by atoms with van der Waals surface area (Å²) in [6.07, 6.45) is 5.11. The van der Waals surface area contributed by atoms with Crippen LogP contribution in [0.3, 0.4) is 0 Å². The molecule has 1 aromatic rings. The highest BCUT2D eigenvalue weighted by molar-refractivity contribution is 5.72. The van der Waals surface area contributed by atoms with E-state index in [-0.39, 0.29) is 0 Å². The molecule has 0 saturated carbocycles. The number of aliphatic imine (C=N–C) groups is 1. The highest BCUT2D eigenvalue weighted by atomic mass is 16.3. The molecule has 2 heteroatoms. The molecule has 0 radical (unpaired) electrons. The van der Waals surface area contributed by atoms with Gasteiger partial charge in [-0.3, -0.25) is 4.99 Å². The zero-order valence-electron chi connectivity index (χ0n) is 7.27. The van der Waals surface area contributed by atoms with E-state index in [0.717, 1.165) is 17.7 Å². The van der Waals surface area contributed by atoms with Crippen molar-refractivity contribution in [3.05, 3.63) is 35.6 Å². The van der Waals surface area contributed by atoms with Crippen LogP contribution in [-0.4, -0.2) is 11.3 Å². The highest BCUT2D eigenvalue weighted by Gasteiger charge is 2.01. The van der Waals surface area contributed by atoms with Crippen molar-refractivity contribution in [1.29, 1.82) is 0 Å². The van der Waals surface area contributed by atoms with Crippen molar-refractivity contribution in [3.63, 3.8) is 0 Å². The Labute approximate surface area is 77.3 Å². The normalized spacial score (nSPS) is 15.5. The summed E-state index contributed by atoms with van der Waals surface area (Å²) in [5, 5.41) is 9.46. The number of para-hydroxylation sites is 1. The minimum absolute atomic E-state index is 0.429. The van der Waals surface area contributed by atoms with E-state index in [9.17, 15) is 5.11 Å². The van der Waals surface area contributed by atoms with Gasteiger partial charge in [-0.15, -0.1) is 0 Å². The molecular formula is C11H11NO. The molecule has 0 aliphatic carbocycles. The summed E-state index contributed by atoms with van der Waals surface area (Å²) in [7, 11) is 0. The van der Waals surface area contributed by atoms with E-state index >= 15 is 0 Å². The molecule has 0 fully saturated rings. The zero-order chi connectivity index (χ0) is 9.10. The van der Waals surface area contributed by atoms with Crippen LogP contribution in [0.4, 0.5) is 5.69 Å². The Kier molecular flexibility index (Phi) is 2.13. The fourth-order valence-corrected chi connectivity index (χ4v) is 1.35. The van der Waals surface area contributed by atoms with Crippen LogP contribution in [0.5, 0.6) is 0 Å². The smallest absolute Gasteiger partial charge is 0.0933 e. The Morgan fingerprint density at radius 1 is 1.23 bits per heavy atom. The second-order valence-electron chi connectivity index (χ2n) is 3.04. The number of aliphatic hydroxyl groups excluding tert-OH is 1. The molecule has 1 aliphatic heterocycles. The van der Waals surface area contributed by atoms with Crippen molar-refractivity contribution in [3.8, 4) is 0 Å². The Balaban J connectivity index is 2.51. The molecule has 0 bridgehead atoms. The molecule has 66 valence electrons. The second-order valence-corrected chi connectivity index (χ2v) is 3.04. The van der Waals surface area contributed by atoms with Gasteiger partial charge in [0, 0.05) is 18.2 Å². The topological polar surface area (TPSA) is 32.6 Å². The van der Waals surface area contributed by atoms with Crippen LogP contribution >= 0.6 is 0 Å². The number of hydrogen-bond donors (Lipinski definition) is 1. The minimum atomic E-state index is 0.429. The second kappa shape index (κ2) is 3.44. The summed E-state index contributed by atoms with van der Waals surface area (Å²) in [5.41, 5.74) is 1.91. The predicted molar refractivity (Wildman–Crippen MR) is 54.4 cm³/mol. The molecule has 0 spiro atoms. The first-order chi connectivity index (χ1) is 6.36. The zero-order valence-corrected chi connectivity index (χ0v) is 7.27.